The Balaban J connectivity index is 1.49. The average Bonchev–Trinajstić information content (AvgIpc) is 3.08. The number of benzene rings is 2. The van der Waals surface area contributed by atoms with Crippen molar-refractivity contribution in [2.45, 2.75) is 44.6 Å². The molecule has 1 aliphatic rings. The second-order valence-corrected chi connectivity index (χ2v) is 10.2. The van der Waals surface area contributed by atoms with Crippen molar-refractivity contribution in [1.82, 2.24) is 14.1 Å². The van der Waals surface area contributed by atoms with E-state index < -0.39 is 15.8 Å². The lowest BCUT2D eigenvalue weighted by molar-refractivity contribution is 0.102. The molecule has 1 amide bonds. The van der Waals surface area contributed by atoms with Gasteiger partial charge in [0.05, 0.1) is 17.9 Å². The molecule has 9 heteroatoms. The Morgan fingerprint density at radius 2 is 1.76 bits per heavy atom. The van der Waals surface area contributed by atoms with Crippen molar-refractivity contribution in [2.24, 2.45) is 0 Å². The molecular formula is C24H27FN4O3S. The Morgan fingerprint density at radius 3 is 2.42 bits per heavy atom. The SMILES string of the molecule is Cc1nn(Cc2ccc(C(=O)Nc3cccc(F)c3)cc2)c(C)c1S(=O)(=O)N1CCCCC1. The summed E-state index contributed by atoms with van der Waals surface area (Å²) in [4.78, 5) is 12.7. The highest BCUT2D eigenvalue weighted by Crippen LogP contribution is 2.26. The minimum atomic E-state index is -3.58. The summed E-state index contributed by atoms with van der Waals surface area (Å²) in [5.74, 6) is -0.761. The molecule has 1 aromatic heterocycles. The number of aryl methyl sites for hydroxylation is 1. The lowest BCUT2D eigenvalue weighted by Crippen LogP contribution is -2.36. The molecule has 4 rings (SSSR count). The second-order valence-electron chi connectivity index (χ2n) is 8.28. The maximum absolute atomic E-state index is 13.3. The lowest BCUT2D eigenvalue weighted by atomic mass is 10.1. The number of anilines is 1. The number of sulfonamides is 1. The number of amides is 1. The van der Waals surface area contributed by atoms with Gasteiger partial charge in [0.15, 0.2) is 0 Å². The molecule has 1 aliphatic heterocycles. The van der Waals surface area contributed by atoms with E-state index >= 15 is 0 Å². The van der Waals surface area contributed by atoms with Crippen molar-refractivity contribution in [2.75, 3.05) is 18.4 Å². The van der Waals surface area contributed by atoms with E-state index in [4.69, 9.17) is 0 Å². The molecule has 0 atom stereocenters. The van der Waals surface area contributed by atoms with Crippen LogP contribution < -0.4 is 5.32 Å². The van der Waals surface area contributed by atoms with Crippen molar-refractivity contribution in [1.29, 1.82) is 0 Å². The Labute approximate surface area is 193 Å². The summed E-state index contributed by atoms with van der Waals surface area (Å²) in [6, 6.07) is 12.7. The highest BCUT2D eigenvalue weighted by molar-refractivity contribution is 7.89. The average molecular weight is 471 g/mol. The fourth-order valence-electron chi connectivity index (χ4n) is 4.15. The van der Waals surface area contributed by atoms with E-state index in [1.807, 2.05) is 0 Å². The van der Waals surface area contributed by atoms with Crippen LogP contribution in [0.1, 0.15) is 46.6 Å². The molecular weight excluding hydrogens is 443 g/mol. The number of hydrogen-bond acceptors (Lipinski definition) is 4. The van der Waals surface area contributed by atoms with Gasteiger partial charge >= 0.3 is 0 Å². The van der Waals surface area contributed by atoms with Crippen LogP contribution in [0.4, 0.5) is 10.1 Å². The fraction of sp³-hybridized carbons (Fsp3) is 0.333. The number of nitrogens with one attached hydrogen (secondary N) is 1. The van der Waals surface area contributed by atoms with E-state index in [2.05, 4.69) is 10.4 Å². The molecule has 1 N–H and O–H groups in total. The Morgan fingerprint density at radius 1 is 1.06 bits per heavy atom. The molecule has 0 aliphatic carbocycles. The van der Waals surface area contributed by atoms with E-state index in [-0.39, 0.29) is 10.8 Å². The van der Waals surface area contributed by atoms with Gasteiger partial charge in [0.25, 0.3) is 5.91 Å². The highest BCUT2D eigenvalue weighted by Gasteiger charge is 2.31. The van der Waals surface area contributed by atoms with Crippen LogP contribution in [0, 0.1) is 19.7 Å². The molecule has 0 radical (unpaired) electrons. The molecule has 2 aromatic carbocycles. The first-order chi connectivity index (χ1) is 15.8. The van der Waals surface area contributed by atoms with Crippen LogP contribution in [-0.2, 0) is 16.6 Å². The van der Waals surface area contributed by atoms with Crippen LogP contribution in [0.15, 0.2) is 53.4 Å². The van der Waals surface area contributed by atoms with E-state index in [0.717, 1.165) is 24.8 Å². The van der Waals surface area contributed by atoms with Gasteiger partial charge in [-0.1, -0.05) is 24.6 Å². The molecule has 0 spiro atoms. The lowest BCUT2D eigenvalue weighted by Gasteiger charge is -2.26. The molecule has 0 unspecified atom stereocenters. The third-order valence-electron chi connectivity index (χ3n) is 5.86. The van der Waals surface area contributed by atoms with Crippen molar-refractivity contribution in [3.63, 3.8) is 0 Å². The van der Waals surface area contributed by atoms with Gasteiger partial charge in [-0.3, -0.25) is 9.48 Å². The standard InChI is InChI=1S/C24H27FN4O3S/c1-17-23(33(31,32)28-13-4-3-5-14-28)18(2)29(27-17)16-19-9-11-20(12-10-19)24(30)26-22-8-6-7-21(25)15-22/h6-12,15H,3-5,13-14,16H2,1-2H3,(H,26,30). The van der Waals surface area contributed by atoms with Crippen LogP contribution in [0.5, 0.6) is 0 Å². The van der Waals surface area contributed by atoms with Crippen molar-refractivity contribution in [3.8, 4) is 0 Å². The molecule has 33 heavy (non-hydrogen) atoms. The van der Waals surface area contributed by atoms with Crippen molar-refractivity contribution in [3.05, 3.63) is 76.9 Å². The molecule has 1 fully saturated rings. The molecule has 0 saturated carbocycles. The topological polar surface area (TPSA) is 84.3 Å². The molecule has 7 nitrogen and oxygen atoms in total. The monoisotopic (exact) mass is 470 g/mol. The number of aromatic nitrogens is 2. The summed E-state index contributed by atoms with van der Waals surface area (Å²) in [5.41, 5.74) is 2.79. The van der Waals surface area contributed by atoms with Gasteiger partial charge in [-0.15, -0.1) is 0 Å². The number of hydrogen-bond donors (Lipinski definition) is 1. The van der Waals surface area contributed by atoms with E-state index in [9.17, 15) is 17.6 Å². The first kappa shape index (κ1) is 23.1. The van der Waals surface area contributed by atoms with Crippen molar-refractivity contribution < 1.29 is 17.6 Å². The van der Waals surface area contributed by atoms with Crippen LogP contribution >= 0.6 is 0 Å². The predicted molar refractivity (Wildman–Crippen MR) is 124 cm³/mol. The van der Waals surface area contributed by atoms with Crippen molar-refractivity contribution >= 4 is 21.6 Å². The maximum Gasteiger partial charge on any atom is 0.255 e. The highest BCUT2D eigenvalue weighted by atomic mass is 32.2. The zero-order valence-corrected chi connectivity index (χ0v) is 19.5. The molecule has 3 aromatic rings. The first-order valence-corrected chi connectivity index (χ1v) is 12.4. The summed E-state index contributed by atoms with van der Waals surface area (Å²) in [7, 11) is -3.58. The number of rotatable bonds is 6. The zero-order chi connectivity index (χ0) is 23.6. The van der Waals surface area contributed by atoms with Gasteiger partial charge in [0, 0.05) is 24.3 Å². The summed E-state index contributed by atoms with van der Waals surface area (Å²) in [6.07, 6.45) is 2.81. The number of halogens is 1. The zero-order valence-electron chi connectivity index (χ0n) is 18.7. The van der Waals surface area contributed by atoms with Gasteiger partial charge < -0.3 is 5.32 Å². The van der Waals surface area contributed by atoms with Gasteiger partial charge in [0.1, 0.15) is 10.7 Å². The van der Waals surface area contributed by atoms with Crippen LogP contribution in [0.2, 0.25) is 0 Å². The van der Waals surface area contributed by atoms with Crippen LogP contribution in [-0.4, -0.2) is 41.5 Å². The first-order valence-electron chi connectivity index (χ1n) is 11.0. The quantitative estimate of drug-likeness (QED) is 0.588. The normalized spacial score (nSPS) is 14.9. The third kappa shape index (κ3) is 4.99. The smallest absolute Gasteiger partial charge is 0.255 e. The molecule has 1 saturated heterocycles. The maximum atomic E-state index is 13.3. The minimum Gasteiger partial charge on any atom is -0.322 e. The summed E-state index contributed by atoms with van der Waals surface area (Å²) in [6.45, 7) is 4.98. The Hall–Kier alpha value is -3.04. The number of carbonyl (C=O) groups excluding carboxylic acids is 1. The molecule has 174 valence electrons. The van der Waals surface area contributed by atoms with Gasteiger partial charge in [-0.05, 0) is 62.6 Å². The molecule has 0 bridgehead atoms. The van der Waals surface area contributed by atoms with E-state index in [1.165, 1.54) is 18.2 Å². The Kier molecular flexibility index (Phi) is 6.62. The second kappa shape index (κ2) is 9.44. The predicted octanol–water partition coefficient (Wildman–Crippen LogP) is 4.11. The van der Waals surface area contributed by atoms with Crippen LogP contribution in [0.25, 0.3) is 0 Å². The van der Waals surface area contributed by atoms with Gasteiger partial charge in [-0.2, -0.15) is 9.40 Å². The van der Waals surface area contributed by atoms with Gasteiger partial charge in [0.2, 0.25) is 10.0 Å². The van der Waals surface area contributed by atoms with Crippen LogP contribution in [0.3, 0.4) is 0 Å². The minimum absolute atomic E-state index is 0.287. The van der Waals surface area contributed by atoms with E-state index in [0.29, 0.717) is 42.3 Å². The molecule has 2 heterocycles. The number of piperidine rings is 1. The Bertz CT molecular complexity index is 1260. The third-order valence-corrected chi connectivity index (χ3v) is 8.01. The summed E-state index contributed by atoms with van der Waals surface area (Å²) in [5, 5.41) is 7.15. The summed E-state index contributed by atoms with van der Waals surface area (Å²) >= 11 is 0. The van der Waals surface area contributed by atoms with E-state index in [1.54, 1.807) is 53.2 Å². The summed E-state index contributed by atoms with van der Waals surface area (Å²) < 4.78 is 43.0. The largest absolute Gasteiger partial charge is 0.322 e. The fourth-order valence-corrected chi connectivity index (χ4v) is 6.04. The number of carbonyl (C=O) groups is 1. The number of nitrogens with zero attached hydrogens (tertiary/aromatic N) is 3. The van der Waals surface area contributed by atoms with Gasteiger partial charge in [-0.25, -0.2) is 12.8 Å².